The molecule has 0 aliphatic heterocycles. The number of para-hydroxylation sites is 1. The summed E-state index contributed by atoms with van der Waals surface area (Å²) < 4.78 is 45.4. The van der Waals surface area contributed by atoms with Gasteiger partial charge in [0.1, 0.15) is 11.3 Å². The molecule has 1 heterocycles. The minimum absolute atomic E-state index is 0.100. The summed E-state index contributed by atoms with van der Waals surface area (Å²) in [7, 11) is 1.32. The fourth-order valence-electron chi connectivity index (χ4n) is 3.10. The zero-order chi connectivity index (χ0) is 22.4. The Bertz CT molecular complexity index is 1170. The van der Waals surface area contributed by atoms with E-state index < -0.39 is 18.2 Å². The predicted octanol–water partition coefficient (Wildman–Crippen LogP) is 4.97. The van der Waals surface area contributed by atoms with E-state index in [1.807, 2.05) is 6.92 Å². The summed E-state index contributed by atoms with van der Waals surface area (Å²) in [6, 6.07) is 10.7. The van der Waals surface area contributed by atoms with Gasteiger partial charge in [0.15, 0.2) is 11.5 Å². The van der Waals surface area contributed by atoms with Crippen molar-refractivity contribution < 1.29 is 32.2 Å². The number of benzene rings is 2. The SMILES string of the molecule is CCCc1cc(=O)oc2cc(OC(=O)/C=C/c3cccc(OC)c3OC(F)F)ccc12. The summed E-state index contributed by atoms with van der Waals surface area (Å²) in [6.07, 6.45) is 3.93. The Morgan fingerprint density at radius 3 is 2.71 bits per heavy atom. The molecule has 2 aromatic carbocycles. The lowest BCUT2D eigenvalue weighted by Crippen LogP contribution is -2.06. The number of esters is 1. The number of hydrogen-bond donors (Lipinski definition) is 0. The summed E-state index contributed by atoms with van der Waals surface area (Å²) in [4.78, 5) is 24.0. The van der Waals surface area contributed by atoms with Gasteiger partial charge in [0.05, 0.1) is 7.11 Å². The van der Waals surface area contributed by atoms with E-state index in [9.17, 15) is 18.4 Å². The van der Waals surface area contributed by atoms with E-state index in [-0.39, 0.29) is 22.8 Å². The molecule has 31 heavy (non-hydrogen) atoms. The lowest BCUT2D eigenvalue weighted by molar-refractivity contribution is -0.128. The minimum atomic E-state index is -3.06. The standard InChI is InChI=1S/C23H20F2O6/c1-3-5-15-12-21(27)30-19-13-16(9-10-17(15)19)29-20(26)11-8-14-6-4-7-18(28-2)22(14)31-23(24)25/h4,6-13,23H,3,5H2,1-2H3/b11-8+. The lowest BCUT2D eigenvalue weighted by atomic mass is 10.1. The van der Waals surface area contributed by atoms with Crippen LogP contribution in [-0.2, 0) is 11.2 Å². The first-order valence-corrected chi connectivity index (χ1v) is 9.49. The van der Waals surface area contributed by atoms with Gasteiger partial charge in [-0.15, -0.1) is 0 Å². The number of rotatable bonds is 8. The van der Waals surface area contributed by atoms with Crippen molar-refractivity contribution in [2.24, 2.45) is 0 Å². The normalized spacial score (nSPS) is 11.3. The number of carbonyl (C=O) groups is 1. The molecule has 0 N–H and O–H groups in total. The molecule has 0 saturated heterocycles. The number of carbonyl (C=O) groups excluding carboxylic acids is 1. The number of fused-ring (bicyclic) bond motifs is 1. The van der Waals surface area contributed by atoms with Crippen molar-refractivity contribution in [1.82, 2.24) is 0 Å². The van der Waals surface area contributed by atoms with Crippen molar-refractivity contribution in [2.45, 2.75) is 26.4 Å². The van der Waals surface area contributed by atoms with Crippen LogP contribution in [-0.4, -0.2) is 19.7 Å². The van der Waals surface area contributed by atoms with Crippen LogP contribution in [0.5, 0.6) is 17.2 Å². The summed E-state index contributed by atoms with van der Waals surface area (Å²) >= 11 is 0. The van der Waals surface area contributed by atoms with E-state index in [0.717, 1.165) is 23.4 Å². The van der Waals surface area contributed by atoms with Crippen LogP contribution in [0.4, 0.5) is 8.78 Å². The van der Waals surface area contributed by atoms with Crippen LogP contribution >= 0.6 is 0 Å². The Kier molecular flexibility index (Phi) is 7.02. The maximum atomic E-state index is 12.7. The van der Waals surface area contributed by atoms with Crippen molar-refractivity contribution in [2.75, 3.05) is 7.11 Å². The second-order valence-corrected chi connectivity index (χ2v) is 6.51. The molecule has 0 saturated carbocycles. The van der Waals surface area contributed by atoms with Crippen LogP contribution < -0.4 is 19.8 Å². The summed E-state index contributed by atoms with van der Waals surface area (Å²) in [5.41, 5.74) is 0.899. The third-order valence-corrected chi connectivity index (χ3v) is 4.37. The number of ether oxygens (including phenoxy) is 3. The molecule has 0 bridgehead atoms. The first-order valence-electron chi connectivity index (χ1n) is 9.49. The zero-order valence-electron chi connectivity index (χ0n) is 16.9. The molecule has 3 rings (SSSR count). The van der Waals surface area contributed by atoms with Gasteiger partial charge in [-0.3, -0.25) is 0 Å². The number of aryl methyl sites for hydroxylation is 1. The van der Waals surface area contributed by atoms with Gasteiger partial charge in [-0.05, 0) is 36.3 Å². The first-order chi connectivity index (χ1) is 14.9. The topological polar surface area (TPSA) is 75.0 Å². The molecule has 0 aliphatic carbocycles. The van der Waals surface area contributed by atoms with Gasteiger partial charge in [0.2, 0.25) is 0 Å². The highest BCUT2D eigenvalue weighted by Gasteiger charge is 2.14. The average Bonchev–Trinajstić information content (AvgIpc) is 2.72. The van der Waals surface area contributed by atoms with Crippen LogP contribution in [0.2, 0.25) is 0 Å². The highest BCUT2D eigenvalue weighted by Crippen LogP contribution is 2.33. The summed E-state index contributed by atoms with van der Waals surface area (Å²) in [5.74, 6) is -0.672. The molecule has 0 aliphatic rings. The third-order valence-electron chi connectivity index (χ3n) is 4.37. The van der Waals surface area contributed by atoms with Crippen molar-refractivity contribution in [3.05, 3.63) is 70.1 Å². The Labute approximate surface area is 176 Å². The molecule has 0 radical (unpaired) electrons. The van der Waals surface area contributed by atoms with Crippen LogP contribution in [0.15, 0.2) is 57.8 Å². The van der Waals surface area contributed by atoms with Crippen molar-refractivity contribution in [3.63, 3.8) is 0 Å². The van der Waals surface area contributed by atoms with E-state index >= 15 is 0 Å². The molecular formula is C23H20F2O6. The van der Waals surface area contributed by atoms with Crippen LogP contribution in [0.1, 0.15) is 24.5 Å². The zero-order valence-corrected chi connectivity index (χ0v) is 16.9. The molecule has 162 valence electrons. The Hall–Kier alpha value is -3.68. The molecular weight excluding hydrogens is 410 g/mol. The van der Waals surface area contributed by atoms with Gasteiger partial charge >= 0.3 is 18.2 Å². The Morgan fingerprint density at radius 2 is 2.00 bits per heavy atom. The van der Waals surface area contributed by atoms with E-state index in [1.54, 1.807) is 18.2 Å². The quantitative estimate of drug-likeness (QED) is 0.217. The number of halogens is 2. The van der Waals surface area contributed by atoms with Gasteiger partial charge in [-0.1, -0.05) is 25.5 Å². The van der Waals surface area contributed by atoms with Gasteiger partial charge in [-0.25, -0.2) is 9.59 Å². The van der Waals surface area contributed by atoms with Crippen LogP contribution in [0.3, 0.4) is 0 Å². The lowest BCUT2D eigenvalue weighted by Gasteiger charge is -2.12. The van der Waals surface area contributed by atoms with E-state index in [2.05, 4.69) is 4.74 Å². The molecule has 1 aromatic heterocycles. The molecule has 0 atom stereocenters. The second kappa shape index (κ2) is 9.88. The monoisotopic (exact) mass is 430 g/mol. The molecule has 0 spiro atoms. The largest absolute Gasteiger partial charge is 0.493 e. The number of methoxy groups -OCH3 is 1. The van der Waals surface area contributed by atoms with Crippen LogP contribution in [0.25, 0.3) is 17.0 Å². The van der Waals surface area contributed by atoms with Crippen LogP contribution in [0, 0.1) is 0 Å². The fourth-order valence-corrected chi connectivity index (χ4v) is 3.10. The molecule has 0 amide bonds. The smallest absolute Gasteiger partial charge is 0.387 e. The second-order valence-electron chi connectivity index (χ2n) is 6.51. The molecule has 0 unspecified atom stereocenters. The number of hydrogen-bond acceptors (Lipinski definition) is 6. The van der Waals surface area contributed by atoms with Crippen molar-refractivity contribution >= 4 is 23.0 Å². The van der Waals surface area contributed by atoms with Gasteiger partial charge in [0, 0.05) is 29.2 Å². The predicted molar refractivity (Wildman–Crippen MR) is 111 cm³/mol. The van der Waals surface area contributed by atoms with Gasteiger partial charge in [0.25, 0.3) is 0 Å². The highest BCUT2D eigenvalue weighted by atomic mass is 19.3. The molecule has 8 heteroatoms. The van der Waals surface area contributed by atoms with Crippen molar-refractivity contribution in [3.8, 4) is 17.2 Å². The highest BCUT2D eigenvalue weighted by molar-refractivity contribution is 5.90. The average molecular weight is 430 g/mol. The van der Waals surface area contributed by atoms with Gasteiger partial charge < -0.3 is 18.6 Å². The Morgan fingerprint density at radius 1 is 1.19 bits per heavy atom. The molecule has 6 nitrogen and oxygen atoms in total. The summed E-state index contributed by atoms with van der Waals surface area (Å²) in [6.45, 7) is -1.05. The maximum Gasteiger partial charge on any atom is 0.387 e. The summed E-state index contributed by atoms with van der Waals surface area (Å²) in [5, 5.41) is 0.766. The third kappa shape index (κ3) is 5.48. The fraction of sp³-hybridized carbons (Fsp3) is 0.217. The van der Waals surface area contributed by atoms with E-state index in [0.29, 0.717) is 12.0 Å². The Balaban J connectivity index is 1.82. The number of alkyl halides is 2. The first kappa shape index (κ1) is 22.0. The van der Waals surface area contributed by atoms with Crippen molar-refractivity contribution in [1.29, 1.82) is 0 Å². The minimum Gasteiger partial charge on any atom is -0.493 e. The van der Waals surface area contributed by atoms with Gasteiger partial charge in [-0.2, -0.15) is 8.78 Å². The molecule has 0 fully saturated rings. The van der Waals surface area contributed by atoms with E-state index in [4.69, 9.17) is 13.9 Å². The molecule has 3 aromatic rings. The van der Waals surface area contributed by atoms with E-state index in [1.165, 1.54) is 37.5 Å². The maximum absolute atomic E-state index is 12.7.